The van der Waals surface area contributed by atoms with Gasteiger partial charge in [-0.3, -0.25) is 4.31 Å². The molecule has 0 bridgehead atoms. The Bertz CT molecular complexity index is 839. The van der Waals surface area contributed by atoms with Crippen LogP contribution in [0.25, 0.3) is 0 Å². The van der Waals surface area contributed by atoms with E-state index in [1.165, 1.54) is 7.05 Å². The van der Waals surface area contributed by atoms with Crippen LogP contribution in [-0.4, -0.2) is 48.0 Å². The standard InChI is InChI=1S/C12H16Cl2N6O3S/c1-6(2)23-8-5-7(18-19-8)15-10-9(13)11(17-12(14)16-10)20(3)24(4,21)22/h5-6H,1-4H3,(H2,15,16,17,18,19). The van der Waals surface area contributed by atoms with Gasteiger partial charge in [0.05, 0.1) is 12.4 Å². The van der Waals surface area contributed by atoms with Gasteiger partial charge in [0, 0.05) is 13.1 Å². The van der Waals surface area contributed by atoms with Crippen molar-refractivity contribution in [2.75, 3.05) is 22.9 Å². The molecule has 0 radical (unpaired) electrons. The maximum atomic E-state index is 11.7. The van der Waals surface area contributed by atoms with E-state index in [1.54, 1.807) is 6.07 Å². The van der Waals surface area contributed by atoms with E-state index >= 15 is 0 Å². The summed E-state index contributed by atoms with van der Waals surface area (Å²) >= 11 is 12.1. The van der Waals surface area contributed by atoms with Crippen LogP contribution in [0.2, 0.25) is 10.3 Å². The molecule has 2 rings (SSSR count). The Hall–Kier alpha value is -1.78. The number of halogens is 2. The SMILES string of the molecule is CC(C)Oc1cc(Nc2nc(Cl)nc(N(C)S(C)(=O)=O)c2Cl)n[nH]1. The van der Waals surface area contributed by atoms with Crippen molar-refractivity contribution in [1.82, 2.24) is 20.2 Å². The number of rotatable bonds is 6. The van der Waals surface area contributed by atoms with Gasteiger partial charge in [-0.2, -0.15) is 15.1 Å². The molecule has 0 spiro atoms. The highest BCUT2D eigenvalue weighted by Gasteiger charge is 2.21. The minimum atomic E-state index is -3.56. The number of nitrogens with one attached hydrogen (secondary N) is 2. The first kappa shape index (κ1) is 18.6. The maximum absolute atomic E-state index is 11.7. The summed E-state index contributed by atoms with van der Waals surface area (Å²) in [5, 5.41) is 9.36. The first-order valence-corrected chi connectivity index (χ1v) is 9.34. The lowest BCUT2D eigenvalue weighted by molar-refractivity contribution is 0.232. The van der Waals surface area contributed by atoms with Crippen molar-refractivity contribution >= 4 is 50.7 Å². The fourth-order valence-corrected chi connectivity index (χ4v) is 2.58. The largest absolute Gasteiger partial charge is 0.475 e. The summed E-state index contributed by atoms with van der Waals surface area (Å²) < 4.78 is 29.7. The molecule has 0 saturated heterocycles. The van der Waals surface area contributed by atoms with Crippen LogP contribution in [0.4, 0.5) is 17.5 Å². The summed E-state index contributed by atoms with van der Waals surface area (Å²) in [6.45, 7) is 3.75. The van der Waals surface area contributed by atoms with E-state index in [-0.39, 0.29) is 28.0 Å². The molecule has 0 aliphatic heterocycles. The van der Waals surface area contributed by atoms with Crippen molar-refractivity contribution in [3.63, 3.8) is 0 Å². The van der Waals surface area contributed by atoms with Crippen molar-refractivity contribution in [3.8, 4) is 5.88 Å². The highest BCUT2D eigenvalue weighted by Crippen LogP contribution is 2.33. The highest BCUT2D eigenvalue weighted by atomic mass is 35.5. The van der Waals surface area contributed by atoms with Gasteiger partial charge in [0.15, 0.2) is 17.5 Å². The Kier molecular flexibility index (Phi) is 5.41. The molecular weight excluding hydrogens is 379 g/mol. The zero-order chi connectivity index (χ0) is 18.1. The van der Waals surface area contributed by atoms with Crippen molar-refractivity contribution in [1.29, 1.82) is 0 Å². The van der Waals surface area contributed by atoms with Crippen LogP contribution in [0, 0.1) is 0 Å². The number of H-pyrrole nitrogens is 1. The summed E-state index contributed by atoms with van der Waals surface area (Å²) in [6, 6.07) is 1.60. The summed E-state index contributed by atoms with van der Waals surface area (Å²) in [7, 11) is -2.25. The third-order valence-electron chi connectivity index (χ3n) is 2.77. The van der Waals surface area contributed by atoms with E-state index in [2.05, 4.69) is 25.5 Å². The summed E-state index contributed by atoms with van der Waals surface area (Å²) in [5.74, 6) is 0.896. The lowest BCUT2D eigenvalue weighted by Crippen LogP contribution is -2.26. The van der Waals surface area contributed by atoms with Crippen LogP contribution < -0.4 is 14.4 Å². The molecule has 0 aliphatic rings. The topological polar surface area (TPSA) is 113 Å². The van der Waals surface area contributed by atoms with Crippen LogP contribution in [0.5, 0.6) is 5.88 Å². The zero-order valence-electron chi connectivity index (χ0n) is 13.3. The normalized spacial score (nSPS) is 11.6. The zero-order valence-corrected chi connectivity index (χ0v) is 15.7. The van der Waals surface area contributed by atoms with E-state index < -0.39 is 10.0 Å². The van der Waals surface area contributed by atoms with Crippen molar-refractivity contribution < 1.29 is 13.2 Å². The number of ether oxygens (including phenoxy) is 1. The van der Waals surface area contributed by atoms with Crippen molar-refractivity contribution in [2.45, 2.75) is 20.0 Å². The van der Waals surface area contributed by atoms with Gasteiger partial charge in [0.2, 0.25) is 21.2 Å². The molecule has 0 atom stereocenters. The highest BCUT2D eigenvalue weighted by molar-refractivity contribution is 7.92. The van der Waals surface area contributed by atoms with E-state index in [1.807, 2.05) is 13.8 Å². The number of hydrogen-bond donors (Lipinski definition) is 2. The predicted octanol–water partition coefficient (Wildman–Crippen LogP) is 2.43. The van der Waals surface area contributed by atoms with Gasteiger partial charge in [-0.15, -0.1) is 0 Å². The first-order chi connectivity index (χ1) is 11.1. The van der Waals surface area contributed by atoms with Crippen molar-refractivity contribution in [3.05, 3.63) is 16.4 Å². The molecule has 2 aromatic rings. The summed E-state index contributed by atoms with van der Waals surface area (Å²) in [5.41, 5.74) is 0. The Morgan fingerprint density at radius 3 is 2.58 bits per heavy atom. The van der Waals surface area contributed by atoms with Gasteiger partial charge in [-0.05, 0) is 25.4 Å². The minimum absolute atomic E-state index is 0.0124. The van der Waals surface area contributed by atoms with Crippen LogP contribution in [-0.2, 0) is 10.0 Å². The number of sulfonamides is 1. The maximum Gasteiger partial charge on any atom is 0.233 e. The van der Waals surface area contributed by atoms with E-state index in [9.17, 15) is 8.42 Å². The fraction of sp³-hybridized carbons (Fsp3) is 0.417. The molecule has 2 heterocycles. The second-order valence-corrected chi connectivity index (χ2v) is 7.85. The first-order valence-electron chi connectivity index (χ1n) is 6.74. The van der Waals surface area contributed by atoms with Crippen LogP contribution in [0.3, 0.4) is 0 Å². The Morgan fingerprint density at radius 1 is 1.33 bits per heavy atom. The fourth-order valence-electron chi connectivity index (χ4n) is 1.66. The average Bonchev–Trinajstić information content (AvgIpc) is 2.87. The monoisotopic (exact) mass is 394 g/mol. The smallest absolute Gasteiger partial charge is 0.233 e. The molecule has 0 aromatic carbocycles. The molecule has 0 saturated carbocycles. The second-order valence-electron chi connectivity index (χ2n) is 5.12. The predicted molar refractivity (Wildman–Crippen MR) is 92.9 cm³/mol. The van der Waals surface area contributed by atoms with E-state index in [0.29, 0.717) is 11.7 Å². The van der Waals surface area contributed by atoms with Gasteiger partial charge < -0.3 is 10.1 Å². The van der Waals surface area contributed by atoms with Crippen LogP contribution >= 0.6 is 23.2 Å². The molecule has 12 heteroatoms. The molecule has 0 fully saturated rings. The molecular formula is C12H16Cl2N6O3S. The van der Waals surface area contributed by atoms with Crippen LogP contribution in [0.15, 0.2) is 6.07 Å². The summed E-state index contributed by atoms with van der Waals surface area (Å²) in [4.78, 5) is 7.82. The lowest BCUT2D eigenvalue weighted by atomic mass is 10.4. The molecule has 132 valence electrons. The van der Waals surface area contributed by atoms with Gasteiger partial charge in [-0.1, -0.05) is 11.6 Å². The van der Waals surface area contributed by atoms with Crippen LogP contribution in [0.1, 0.15) is 13.8 Å². The van der Waals surface area contributed by atoms with E-state index in [0.717, 1.165) is 10.6 Å². The molecule has 24 heavy (non-hydrogen) atoms. The molecule has 0 unspecified atom stereocenters. The Labute approximate surface area is 149 Å². The van der Waals surface area contributed by atoms with Gasteiger partial charge in [0.25, 0.3) is 0 Å². The third-order valence-corrected chi connectivity index (χ3v) is 4.45. The Balaban J connectivity index is 2.34. The van der Waals surface area contributed by atoms with Gasteiger partial charge in [-0.25, -0.2) is 13.5 Å². The second kappa shape index (κ2) is 6.99. The lowest BCUT2D eigenvalue weighted by Gasteiger charge is -2.18. The number of hydrogen-bond acceptors (Lipinski definition) is 7. The number of anilines is 3. The molecule has 2 aromatic heterocycles. The van der Waals surface area contributed by atoms with Crippen molar-refractivity contribution in [2.24, 2.45) is 0 Å². The molecule has 2 N–H and O–H groups in total. The number of nitrogens with zero attached hydrogens (tertiary/aromatic N) is 4. The number of aromatic amines is 1. The summed E-state index contributed by atoms with van der Waals surface area (Å²) in [6.07, 6.45) is 1.00. The quantitative estimate of drug-likeness (QED) is 0.723. The minimum Gasteiger partial charge on any atom is -0.475 e. The molecule has 0 aliphatic carbocycles. The molecule has 0 amide bonds. The van der Waals surface area contributed by atoms with E-state index in [4.69, 9.17) is 27.9 Å². The average molecular weight is 395 g/mol. The number of aromatic nitrogens is 4. The molecule has 9 nitrogen and oxygen atoms in total. The Morgan fingerprint density at radius 2 is 2.00 bits per heavy atom. The van der Waals surface area contributed by atoms with Gasteiger partial charge in [0.1, 0.15) is 5.02 Å². The third kappa shape index (κ3) is 4.40. The van der Waals surface area contributed by atoms with Gasteiger partial charge >= 0.3 is 0 Å².